The minimum Gasteiger partial charge on any atom is -0.490 e. The van der Waals surface area contributed by atoms with Gasteiger partial charge < -0.3 is 19.9 Å². The number of piperazine rings is 1. The Morgan fingerprint density at radius 3 is 2.40 bits per heavy atom. The molecule has 1 N–H and O–H groups in total. The van der Waals surface area contributed by atoms with E-state index >= 15 is 0 Å². The summed E-state index contributed by atoms with van der Waals surface area (Å²) in [5, 5.41) is 3.03. The van der Waals surface area contributed by atoms with E-state index in [2.05, 4.69) is 17.1 Å². The van der Waals surface area contributed by atoms with Crippen LogP contribution in [0.15, 0.2) is 24.3 Å². The van der Waals surface area contributed by atoms with Gasteiger partial charge in [0.15, 0.2) is 0 Å². The van der Waals surface area contributed by atoms with Crippen LogP contribution >= 0.6 is 0 Å². The van der Waals surface area contributed by atoms with E-state index < -0.39 is 0 Å². The van der Waals surface area contributed by atoms with Crippen molar-refractivity contribution in [2.24, 2.45) is 0 Å². The van der Waals surface area contributed by atoms with E-state index in [4.69, 9.17) is 4.74 Å². The predicted molar refractivity (Wildman–Crippen MR) is 99.9 cm³/mol. The first-order valence-electron chi connectivity index (χ1n) is 9.75. The van der Waals surface area contributed by atoms with E-state index in [1.807, 2.05) is 29.2 Å². The Morgan fingerprint density at radius 2 is 1.76 bits per heavy atom. The molecule has 2 fully saturated rings. The molecule has 138 valence electrons. The van der Waals surface area contributed by atoms with Crippen molar-refractivity contribution in [1.29, 1.82) is 0 Å². The zero-order valence-electron chi connectivity index (χ0n) is 15.4. The molecule has 0 radical (unpaired) electrons. The summed E-state index contributed by atoms with van der Waals surface area (Å²) in [6.45, 7) is 7.36. The first-order valence-corrected chi connectivity index (χ1v) is 9.75. The van der Waals surface area contributed by atoms with Crippen LogP contribution in [0, 0.1) is 0 Å². The quantitative estimate of drug-likeness (QED) is 0.891. The Bertz CT molecular complexity index is 532. The highest BCUT2D eigenvalue weighted by Gasteiger charge is 2.19. The number of carbonyl (C=O) groups is 1. The smallest absolute Gasteiger partial charge is 0.317 e. The van der Waals surface area contributed by atoms with Crippen LogP contribution in [0.25, 0.3) is 0 Å². The van der Waals surface area contributed by atoms with Crippen molar-refractivity contribution in [2.45, 2.75) is 51.7 Å². The van der Waals surface area contributed by atoms with E-state index in [1.165, 1.54) is 32.1 Å². The molecule has 1 saturated heterocycles. The molecule has 0 bridgehead atoms. The van der Waals surface area contributed by atoms with Crippen molar-refractivity contribution < 1.29 is 9.53 Å². The van der Waals surface area contributed by atoms with Crippen LogP contribution in [-0.2, 0) is 6.54 Å². The van der Waals surface area contributed by atoms with Crippen LogP contribution in [0.4, 0.5) is 4.79 Å². The van der Waals surface area contributed by atoms with Gasteiger partial charge in [0, 0.05) is 32.7 Å². The minimum atomic E-state index is 0.0401. The lowest BCUT2D eigenvalue weighted by molar-refractivity contribution is 0.142. The van der Waals surface area contributed by atoms with E-state index in [0.29, 0.717) is 12.6 Å². The maximum absolute atomic E-state index is 12.3. The zero-order chi connectivity index (χ0) is 17.5. The standard InChI is InChI=1S/C20H31N3O2/c1-2-22-12-14-23(15-13-22)20(24)21-16-17-8-10-19(11-9-17)25-18-6-4-3-5-7-18/h8-11,18H,2-7,12-16H2,1H3,(H,21,24). The average Bonchev–Trinajstić information content (AvgIpc) is 2.68. The van der Waals surface area contributed by atoms with Crippen molar-refractivity contribution in [2.75, 3.05) is 32.7 Å². The summed E-state index contributed by atoms with van der Waals surface area (Å²) in [5.74, 6) is 0.942. The Morgan fingerprint density at radius 1 is 1.08 bits per heavy atom. The highest BCUT2D eigenvalue weighted by atomic mass is 16.5. The van der Waals surface area contributed by atoms with Gasteiger partial charge in [-0.25, -0.2) is 4.79 Å². The fraction of sp³-hybridized carbons (Fsp3) is 0.650. The second kappa shape index (κ2) is 9.09. The van der Waals surface area contributed by atoms with Gasteiger partial charge in [0.05, 0.1) is 6.10 Å². The number of likely N-dealkylation sites (N-methyl/N-ethyl adjacent to an activating group) is 1. The SMILES string of the molecule is CCN1CCN(C(=O)NCc2ccc(OC3CCCCC3)cc2)CC1. The van der Waals surface area contributed by atoms with Crippen molar-refractivity contribution in [3.8, 4) is 5.75 Å². The summed E-state index contributed by atoms with van der Waals surface area (Å²) < 4.78 is 6.05. The molecule has 1 aliphatic heterocycles. The van der Waals surface area contributed by atoms with Crippen LogP contribution in [-0.4, -0.2) is 54.7 Å². The van der Waals surface area contributed by atoms with Gasteiger partial charge in [0.2, 0.25) is 0 Å². The second-order valence-electron chi connectivity index (χ2n) is 7.10. The summed E-state index contributed by atoms with van der Waals surface area (Å²) in [6, 6.07) is 8.19. The number of hydrogen-bond acceptors (Lipinski definition) is 3. The second-order valence-corrected chi connectivity index (χ2v) is 7.10. The molecule has 25 heavy (non-hydrogen) atoms. The van der Waals surface area contributed by atoms with E-state index in [1.54, 1.807) is 0 Å². The fourth-order valence-electron chi connectivity index (χ4n) is 3.62. The molecular formula is C20H31N3O2. The maximum atomic E-state index is 12.3. The fourth-order valence-corrected chi connectivity index (χ4v) is 3.62. The number of ether oxygens (including phenoxy) is 1. The van der Waals surface area contributed by atoms with E-state index in [9.17, 15) is 4.79 Å². The van der Waals surface area contributed by atoms with Crippen molar-refractivity contribution in [3.05, 3.63) is 29.8 Å². The molecule has 1 aromatic carbocycles. The molecule has 2 amide bonds. The molecule has 1 saturated carbocycles. The highest BCUT2D eigenvalue weighted by Crippen LogP contribution is 2.23. The molecule has 0 aromatic heterocycles. The van der Waals surface area contributed by atoms with Crippen LogP contribution in [0.1, 0.15) is 44.6 Å². The predicted octanol–water partition coefficient (Wildman–Crippen LogP) is 3.25. The molecule has 2 aliphatic rings. The normalized spacial score (nSPS) is 19.6. The van der Waals surface area contributed by atoms with Gasteiger partial charge >= 0.3 is 6.03 Å². The summed E-state index contributed by atoms with van der Waals surface area (Å²) in [7, 11) is 0. The lowest BCUT2D eigenvalue weighted by atomic mass is 9.98. The Hall–Kier alpha value is -1.75. The number of amides is 2. The van der Waals surface area contributed by atoms with Gasteiger partial charge in [0.1, 0.15) is 5.75 Å². The van der Waals surface area contributed by atoms with Gasteiger partial charge in [-0.2, -0.15) is 0 Å². The summed E-state index contributed by atoms with van der Waals surface area (Å²) in [6.07, 6.45) is 6.61. The lowest BCUT2D eigenvalue weighted by Crippen LogP contribution is -2.51. The molecule has 1 aromatic rings. The summed E-state index contributed by atoms with van der Waals surface area (Å²) >= 11 is 0. The maximum Gasteiger partial charge on any atom is 0.317 e. The molecule has 5 nitrogen and oxygen atoms in total. The number of carbonyl (C=O) groups excluding carboxylic acids is 1. The van der Waals surface area contributed by atoms with Gasteiger partial charge in [0.25, 0.3) is 0 Å². The number of nitrogens with one attached hydrogen (secondary N) is 1. The van der Waals surface area contributed by atoms with Crippen LogP contribution in [0.5, 0.6) is 5.75 Å². The molecule has 0 atom stereocenters. The zero-order valence-corrected chi connectivity index (χ0v) is 15.4. The Labute approximate surface area is 151 Å². The largest absolute Gasteiger partial charge is 0.490 e. The third-order valence-electron chi connectivity index (χ3n) is 5.33. The van der Waals surface area contributed by atoms with Crippen molar-refractivity contribution >= 4 is 6.03 Å². The molecule has 3 rings (SSSR count). The molecule has 1 heterocycles. The lowest BCUT2D eigenvalue weighted by Gasteiger charge is -2.34. The van der Waals surface area contributed by atoms with Crippen LogP contribution < -0.4 is 10.1 Å². The highest BCUT2D eigenvalue weighted by molar-refractivity contribution is 5.74. The Kier molecular flexibility index (Phi) is 6.56. The number of benzene rings is 1. The van der Waals surface area contributed by atoms with Crippen molar-refractivity contribution in [3.63, 3.8) is 0 Å². The first-order chi connectivity index (χ1) is 12.2. The van der Waals surface area contributed by atoms with Crippen molar-refractivity contribution in [1.82, 2.24) is 15.1 Å². The number of nitrogens with zero attached hydrogens (tertiary/aromatic N) is 2. The van der Waals surface area contributed by atoms with Crippen LogP contribution in [0.3, 0.4) is 0 Å². The molecule has 0 unspecified atom stereocenters. The van der Waals surface area contributed by atoms with Gasteiger partial charge in [-0.1, -0.05) is 25.5 Å². The first kappa shape index (κ1) is 18.1. The van der Waals surface area contributed by atoms with Gasteiger partial charge in [-0.05, 0) is 49.9 Å². The van der Waals surface area contributed by atoms with Gasteiger partial charge in [-0.15, -0.1) is 0 Å². The molecule has 1 aliphatic carbocycles. The molecule has 5 heteroatoms. The number of urea groups is 1. The van der Waals surface area contributed by atoms with Gasteiger partial charge in [-0.3, -0.25) is 0 Å². The van der Waals surface area contributed by atoms with Crippen LogP contribution in [0.2, 0.25) is 0 Å². The molecular weight excluding hydrogens is 314 g/mol. The Balaban J connectivity index is 1.41. The topological polar surface area (TPSA) is 44.8 Å². The molecule has 0 spiro atoms. The van der Waals surface area contributed by atoms with E-state index in [-0.39, 0.29) is 6.03 Å². The number of hydrogen-bond donors (Lipinski definition) is 1. The van der Waals surface area contributed by atoms with E-state index in [0.717, 1.165) is 44.0 Å². The number of rotatable bonds is 5. The third-order valence-corrected chi connectivity index (χ3v) is 5.33. The summed E-state index contributed by atoms with van der Waals surface area (Å²) in [4.78, 5) is 16.5. The monoisotopic (exact) mass is 345 g/mol. The average molecular weight is 345 g/mol. The third kappa shape index (κ3) is 5.36. The minimum absolute atomic E-state index is 0.0401. The summed E-state index contributed by atoms with van der Waals surface area (Å²) in [5.41, 5.74) is 1.11.